The lowest BCUT2D eigenvalue weighted by molar-refractivity contribution is 0.0547. The zero-order valence-corrected chi connectivity index (χ0v) is 11.1. The lowest BCUT2D eigenvalue weighted by Gasteiger charge is -2.22. The van der Waals surface area contributed by atoms with Gasteiger partial charge in [0, 0.05) is 19.7 Å². The van der Waals surface area contributed by atoms with Crippen LogP contribution in [0, 0.1) is 17.2 Å². The summed E-state index contributed by atoms with van der Waals surface area (Å²) >= 11 is 0. The quantitative estimate of drug-likeness (QED) is 0.851. The molecule has 2 rings (SSSR count). The number of benzene rings is 1. The number of hydrogen-bond acceptors (Lipinski definition) is 4. The van der Waals surface area contributed by atoms with Crippen LogP contribution in [-0.2, 0) is 11.3 Å². The number of nitriles is 1. The van der Waals surface area contributed by atoms with Gasteiger partial charge in [0.1, 0.15) is 11.8 Å². The van der Waals surface area contributed by atoms with Gasteiger partial charge in [0.15, 0.2) is 6.61 Å². The largest absolute Gasteiger partial charge is 0.479 e. The van der Waals surface area contributed by atoms with Crippen LogP contribution in [0.15, 0.2) is 24.3 Å². The molecule has 1 heterocycles. The SMILES string of the molecule is N#CCOc1ccc(CNCC2CCCOC2)cc1. The van der Waals surface area contributed by atoms with E-state index >= 15 is 0 Å². The maximum atomic E-state index is 8.43. The van der Waals surface area contributed by atoms with Gasteiger partial charge in [-0.15, -0.1) is 0 Å². The summed E-state index contributed by atoms with van der Waals surface area (Å²) < 4.78 is 10.7. The summed E-state index contributed by atoms with van der Waals surface area (Å²) in [6.07, 6.45) is 2.44. The standard InChI is InChI=1S/C15H20N2O2/c16-7-9-19-15-5-3-13(4-6-15)10-17-11-14-2-1-8-18-12-14/h3-6,14,17H,1-2,8-12H2. The molecule has 1 aliphatic heterocycles. The Labute approximate surface area is 114 Å². The molecule has 1 atom stereocenters. The highest BCUT2D eigenvalue weighted by molar-refractivity contribution is 5.27. The molecule has 0 spiro atoms. The molecule has 0 aromatic heterocycles. The molecule has 0 saturated carbocycles. The number of hydrogen-bond donors (Lipinski definition) is 1. The van der Waals surface area contributed by atoms with Crippen LogP contribution in [0.3, 0.4) is 0 Å². The van der Waals surface area contributed by atoms with E-state index in [1.165, 1.54) is 18.4 Å². The highest BCUT2D eigenvalue weighted by Crippen LogP contribution is 2.14. The van der Waals surface area contributed by atoms with Crippen LogP contribution in [-0.4, -0.2) is 26.4 Å². The van der Waals surface area contributed by atoms with Crippen molar-refractivity contribution in [1.82, 2.24) is 5.32 Å². The minimum absolute atomic E-state index is 0.0965. The zero-order valence-electron chi connectivity index (χ0n) is 11.1. The van der Waals surface area contributed by atoms with Gasteiger partial charge in [-0.2, -0.15) is 5.26 Å². The highest BCUT2D eigenvalue weighted by Gasteiger charge is 2.12. The second-order valence-corrected chi connectivity index (χ2v) is 4.80. The van der Waals surface area contributed by atoms with Crippen molar-refractivity contribution in [3.8, 4) is 11.8 Å². The van der Waals surface area contributed by atoms with Crippen molar-refractivity contribution in [2.45, 2.75) is 19.4 Å². The van der Waals surface area contributed by atoms with E-state index in [1.54, 1.807) is 0 Å². The molecule has 0 radical (unpaired) electrons. The number of rotatable bonds is 6. The molecular formula is C15H20N2O2. The first-order valence-corrected chi connectivity index (χ1v) is 6.75. The molecular weight excluding hydrogens is 240 g/mol. The lowest BCUT2D eigenvalue weighted by atomic mass is 10.0. The molecule has 19 heavy (non-hydrogen) atoms. The third kappa shape index (κ3) is 4.90. The fraction of sp³-hybridized carbons (Fsp3) is 0.533. The summed E-state index contributed by atoms with van der Waals surface area (Å²) in [6, 6.07) is 9.81. The van der Waals surface area contributed by atoms with Crippen LogP contribution in [0.4, 0.5) is 0 Å². The van der Waals surface area contributed by atoms with Gasteiger partial charge in [0.05, 0.1) is 6.61 Å². The Bertz CT molecular complexity index is 405. The van der Waals surface area contributed by atoms with Crippen molar-refractivity contribution >= 4 is 0 Å². The van der Waals surface area contributed by atoms with Crippen LogP contribution in [0.1, 0.15) is 18.4 Å². The molecule has 1 N–H and O–H groups in total. The monoisotopic (exact) mass is 260 g/mol. The van der Waals surface area contributed by atoms with Crippen LogP contribution in [0.5, 0.6) is 5.75 Å². The Balaban J connectivity index is 1.69. The second kappa shape index (κ2) is 7.78. The third-order valence-corrected chi connectivity index (χ3v) is 3.24. The Hall–Kier alpha value is -1.57. The summed E-state index contributed by atoms with van der Waals surface area (Å²) in [7, 11) is 0. The van der Waals surface area contributed by atoms with E-state index < -0.39 is 0 Å². The Morgan fingerprint density at radius 3 is 2.89 bits per heavy atom. The van der Waals surface area contributed by atoms with E-state index in [-0.39, 0.29) is 6.61 Å². The molecule has 0 aliphatic carbocycles. The van der Waals surface area contributed by atoms with Gasteiger partial charge in [-0.25, -0.2) is 0 Å². The molecule has 0 bridgehead atoms. The Morgan fingerprint density at radius 2 is 2.21 bits per heavy atom. The smallest absolute Gasteiger partial charge is 0.174 e. The molecule has 4 heteroatoms. The predicted octanol–water partition coefficient (Wildman–Crippen LogP) is 2.11. The maximum Gasteiger partial charge on any atom is 0.174 e. The summed E-state index contributed by atoms with van der Waals surface area (Å²) in [5.74, 6) is 1.39. The van der Waals surface area contributed by atoms with Crippen molar-refractivity contribution < 1.29 is 9.47 Å². The summed E-state index contributed by atoms with van der Waals surface area (Å²) in [5, 5.41) is 11.9. The normalized spacial score (nSPS) is 18.8. The first kappa shape index (κ1) is 13.9. The lowest BCUT2D eigenvalue weighted by Crippen LogP contribution is -2.28. The zero-order chi connectivity index (χ0) is 13.3. The van der Waals surface area contributed by atoms with E-state index in [0.717, 1.165) is 32.1 Å². The molecule has 1 aliphatic rings. The Morgan fingerprint density at radius 1 is 1.37 bits per heavy atom. The molecule has 4 nitrogen and oxygen atoms in total. The molecule has 1 saturated heterocycles. The Kier molecular flexibility index (Phi) is 5.67. The topological polar surface area (TPSA) is 54.3 Å². The van der Waals surface area contributed by atoms with Gasteiger partial charge in [-0.1, -0.05) is 12.1 Å². The fourth-order valence-corrected chi connectivity index (χ4v) is 2.21. The van der Waals surface area contributed by atoms with Crippen LogP contribution in [0.25, 0.3) is 0 Å². The van der Waals surface area contributed by atoms with Crippen LogP contribution in [0.2, 0.25) is 0 Å². The maximum absolute atomic E-state index is 8.43. The van der Waals surface area contributed by atoms with E-state index in [9.17, 15) is 0 Å². The van der Waals surface area contributed by atoms with Gasteiger partial charge < -0.3 is 14.8 Å². The molecule has 1 fully saturated rings. The first-order valence-electron chi connectivity index (χ1n) is 6.75. The minimum Gasteiger partial charge on any atom is -0.479 e. The van der Waals surface area contributed by atoms with E-state index in [4.69, 9.17) is 14.7 Å². The predicted molar refractivity (Wildman–Crippen MR) is 72.8 cm³/mol. The van der Waals surface area contributed by atoms with Crippen molar-refractivity contribution in [2.75, 3.05) is 26.4 Å². The average molecular weight is 260 g/mol. The average Bonchev–Trinajstić information content (AvgIpc) is 2.47. The summed E-state index contributed by atoms with van der Waals surface area (Å²) in [4.78, 5) is 0. The van der Waals surface area contributed by atoms with Crippen molar-refractivity contribution in [2.24, 2.45) is 5.92 Å². The van der Waals surface area contributed by atoms with Gasteiger partial charge >= 0.3 is 0 Å². The van der Waals surface area contributed by atoms with Gasteiger partial charge in [0.2, 0.25) is 0 Å². The van der Waals surface area contributed by atoms with Gasteiger partial charge in [-0.3, -0.25) is 0 Å². The number of nitrogens with zero attached hydrogens (tertiary/aromatic N) is 1. The van der Waals surface area contributed by atoms with Crippen LogP contribution < -0.4 is 10.1 Å². The molecule has 1 aromatic rings. The molecule has 102 valence electrons. The van der Waals surface area contributed by atoms with Gasteiger partial charge in [0.25, 0.3) is 0 Å². The van der Waals surface area contributed by atoms with E-state index in [1.807, 2.05) is 30.3 Å². The number of ether oxygens (including phenoxy) is 2. The van der Waals surface area contributed by atoms with Crippen molar-refractivity contribution in [3.63, 3.8) is 0 Å². The first-order chi connectivity index (χ1) is 9.38. The summed E-state index contributed by atoms with van der Waals surface area (Å²) in [6.45, 7) is 3.76. The number of nitrogens with one attached hydrogen (secondary N) is 1. The fourth-order valence-electron chi connectivity index (χ4n) is 2.21. The minimum atomic E-state index is 0.0965. The second-order valence-electron chi connectivity index (χ2n) is 4.80. The highest BCUT2D eigenvalue weighted by atomic mass is 16.5. The third-order valence-electron chi connectivity index (χ3n) is 3.24. The van der Waals surface area contributed by atoms with E-state index in [2.05, 4.69) is 5.32 Å². The summed E-state index contributed by atoms with van der Waals surface area (Å²) in [5.41, 5.74) is 1.22. The molecule has 1 unspecified atom stereocenters. The molecule has 0 amide bonds. The molecule has 1 aromatic carbocycles. The van der Waals surface area contributed by atoms with Crippen LogP contribution >= 0.6 is 0 Å². The van der Waals surface area contributed by atoms with Crippen molar-refractivity contribution in [1.29, 1.82) is 5.26 Å². The van der Waals surface area contributed by atoms with Gasteiger partial charge in [-0.05, 0) is 36.5 Å². The van der Waals surface area contributed by atoms with Crippen molar-refractivity contribution in [3.05, 3.63) is 29.8 Å². The van der Waals surface area contributed by atoms with E-state index in [0.29, 0.717) is 5.92 Å².